The lowest BCUT2D eigenvalue weighted by Gasteiger charge is -2.33. The third-order valence-corrected chi connectivity index (χ3v) is 7.82. The SMILES string of the molecule is CCNC(=O)[C@@H](CC)N(Cc1ccc(F)cc1)C(=O)CN(c1ccccc1OCC)S(=O)(=O)c1ccccc1. The van der Waals surface area contributed by atoms with Crippen LogP contribution in [-0.4, -0.2) is 50.9 Å². The fourth-order valence-electron chi connectivity index (χ4n) is 4.17. The zero-order chi connectivity index (χ0) is 28.4. The molecule has 0 radical (unpaired) electrons. The Balaban J connectivity index is 2.09. The minimum Gasteiger partial charge on any atom is -0.492 e. The van der Waals surface area contributed by atoms with Crippen LogP contribution in [0.25, 0.3) is 0 Å². The van der Waals surface area contributed by atoms with Crippen LogP contribution in [0.1, 0.15) is 32.8 Å². The number of nitrogens with one attached hydrogen (secondary N) is 1. The van der Waals surface area contributed by atoms with Gasteiger partial charge in [0.15, 0.2) is 0 Å². The number of ether oxygens (including phenoxy) is 1. The summed E-state index contributed by atoms with van der Waals surface area (Å²) in [5.74, 6) is -1.08. The van der Waals surface area contributed by atoms with Gasteiger partial charge in [-0.25, -0.2) is 12.8 Å². The average Bonchev–Trinajstić information content (AvgIpc) is 2.94. The number of anilines is 1. The van der Waals surface area contributed by atoms with E-state index in [0.717, 1.165) is 4.31 Å². The van der Waals surface area contributed by atoms with Crippen molar-refractivity contribution < 1.29 is 27.1 Å². The molecule has 0 aromatic heterocycles. The number of likely N-dealkylation sites (N-methyl/N-ethyl adjacent to an activating group) is 1. The van der Waals surface area contributed by atoms with Crippen molar-refractivity contribution in [3.8, 4) is 5.75 Å². The number of amides is 2. The number of hydrogen-bond acceptors (Lipinski definition) is 5. The van der Waals surface area contributed by atoms with Crippen LogP contribution in [-0.2, 0) is 26.2 Å². The number of para-hydroxylation sites is 2. The van der Waals surface area contributed by atoms with Crippen LogP contribution in [0, 0.1) is 5.82 Å². The fourth-order valence-corrected chi connectivity index (χ4v) is 5.62. The molecule has 3 aromatic rings. The molecule has 0 heterocycles. The Bertz CT molecular complexity index is 1350. The first-order chi connectivity index (χ1) is 18.7. The van der Waals surface area contributed by atoms with Gasteiger partial charge in [-0.3, -0.25) is 13.9 Å². The van der Waals surface area contributed by atoms with Crippen LogP contribution in [0.4, 0.5) is 10.1 Å². The largest absolute Gasteiger partial charge is 0.492 e. The van der Waals surface area contributed by atoms with Crippen LogP contribution in [0.5, 0.6) is 5.75 Å². The first-order valence-electron chi connectivity index (χ1n) is 12.8. The lowest BCUT2D eigenvalue weighted by atomic mass is 10.1. The first-order valence-corrected chi connectivity index (χ1v) is 14.3. The van der Waals surface area contributed by atoms with Gasteiger partial charge in [-0.15, -0.1) is 0 Å². The Morgan fingerprint density at radius 2 is 1.56 bits per heavy atom. The second kappa shape index (κ2) is 13.7. The van der Waals surface area contributed by atoms with Gasteiger partial charge in [0.05, 0.1) is 17.2 Å². The Hall–Kier alpha value is -3.92. The van der Waals surface area contributed by atoms with Gasteiger partial charge in [0, 0.05) is 13.1 Å². The molecule has 0 fully saturated rings. The molecule has 0 aliphatic carbocycles. The molecule has 1 N–H and O–H groups in total. The highest BCUT2D eigenvalue weighted by molar-refractivity contribution is 7.92. The minimum absolute atomic E-state index is 0.00459. The van der Waals surface area contributed by atoms with Gasteiger partial charge >= 0.3 is 0 Å². The lowest BCUT2D eigenvalue weighted by molar-refractivity contribution is -0.140. The summed E-state index contributed by atoms with van der Waals surface area (Å²) in [5.41, 5.74) is 0.795. The molecule has 0 saturated carbocycles. The molecule has 0 spiro atoms. The summed E-state index contributed by atoms with van der Waals surface area (Å²) in [7, 11) is -4.21. The van der Waals surface area contributed by atoms with Gasteiger partial charge in [-0.2, -0.15) is 0 Å². The standard InChI is InChI=1S/C29H34FN3O5S/c1-4-25(29(35)31-5-2)32(20-22-16-18-23(30)19-17-22)28(34)21-33(26-14-10-11-15-27(26)38-6-3)39(36,37)24-12-8-7-9-13-24/h7-19,25H,4-6,20-21H2,1-3H3,(H,31,35)/t25-/m1/s1. The van der Waals surface area contributed by atoms with Crippen molar-refractivity contribution >= 4 is 27.5 Å². The Labute approximate surface area is 229 Å². The molecule has 3 rings (SSSR count). The maximum atomic E-state index is 14.0. The van der Waals surface area contributed by atoms with E-state index in [9.17, 15) is 22.4 Å². The monoisotopic (exact) mass is 555 g/mol. The van der Waals surface area contributed by atoms with Crippen molar-refractivity contribution in [1.82, 2.24) is 10.2 Å². The average molecular weight is 556 g/mol. The van der Waals surface area contributed by atoms with Gasteiger partial charge < -0.3 is 15.0 Å². The molecule has 0 saturated heterocycles. The minimum atomic E-state index is -4.21. The molecule has 2 amide bonds. The Morgan fingerprint density at radius 3 is 2.18 bits per heavy atom. The topological polar surface area (TPSA) is 96.0 Å². The van der Waals surface area contributed by atoms with E-state index >= 15 is 0 Å². The second-order valence-corrected chi connectivity index (χ2v) is 10.6. The number of nitrogens with zero attached hydrogens (tertiary/aromatic N) is 2. The summed E-state index contributed by atoms with van der Waals surface area (Å²) in [6.45, 7) is 5.38. The van der Waals surface area contributed by atoms with E-state index in [0.29, 0.717) is 24.3 Å². The quantitative estimate of drug-likeness (QED) is 0.338. The number of carbonyl (C=O) groups is 2. The van der Waals surface area contributed by atoms with E-state index in [1.165, 1.54) is 41.3 Å². The van der Waals surface area contributed by atoms with Crippen molar-refractivity contribution in [2.75, 3.05) is 24.0 Å². The number of hydrogen-bond donors (Lipinski definition) is 1. The summed E-state index contributed by atoms with van der Waals surface area (Å²) in [4.78, 5) is 28.3. The summed E-state index contributed by atoms with van der Waals surface area (Å²) in [5, 5.41) is 2.75. The Kier molecular flexibility index (Phi) is 10.4. The molecular weight excluding hydrogens is 521 g/mol. The molecule has 0 aliphatic heterocycles. The smallest absolute Gasteiger partial charge is 0.264 e. The van der Waals surface area contributed by atoms with Crippen LogP contribution in [0.15, 0.2) is 83.8 Å². The van der Waals surface area contributed by atoms with Gasteiger partial charge in [0.25, 0.3) is 10.0 Å². The molecule has 3 aromatic carbocycles. The summed E-state index contributed by atoms with van der Waals surface area (Å²) in [6.07, 6.45) is 0.291. The molecular formula is C29H34FN3O5S. The molecule has 0 aliphatic rings. The number of halogens is 1. The van der Waals surface area contributed by atoms with E-state index in [-0.39, 0.29) is 29.6 Å². The van der Waals surface area contributed by atoms with Gasteiger partial charge in [-0.05, 0) is 62.2 Å². The van der Waals surface area contributed by atoms with Crippen LogP contribution >= 0.6 is 0 Å². The normalized spacial score (nSPS) is 11.9. The fraction of sp³-hybridized carbons (Fsp3) is 0.310. The summed E-state index contributed by atoms with van der Waals surface area (Å²) in [6, 6.07) is 19.1. The van der Waals surface area contributed by atoms with Crippen LogP contribution < -0.4 is 14.4 Å². The van der Waals surface area contributed by atoms with Crippen molar-refractivity contribution in [2.45, 2.75) is 44.7 Å². The molecule has 39 heavy (non-hydrogen) atoms. The zero-order valence-electron chi connectivity index (χ0n) is 22.3. The molecule has 10 heteroatoms. The van der Waals surface area contributed by atoms with E-state index in [4.69, 9.17) is 4.74 Å². The Morgan fingerprint density at radius 1 is 0.923 bits per heavy atom. The summed E-state index contributed by atoms with van der Waals surface area (Å²) < 4.78 is 48.1. The lowest BCUT2D eigenvalue weighted by Crippen LogP contribution is -2.52. The maximum absolute atomic E-state index is 14.0. The predicted molar refractivity (Wildman–Crippen MR) is 148 cm³/mol. The molecule has 0 bridgehead atoms. The van der Waals surface area contributed by atoms with E-state index < -0.39 is 34.3 Å². The second-order valence-electron chi connectivity index (χ2n) is 8.69. The van der Waals surface area contributed by atoms with Gasteiger partial charge in [0.2, 0.25) is 11.8 Å². The molecule has 0 unspecified atom stereocenters. The molecule has 208 valence electrons. The van der Waals surface area contributed by atoms with Crippen molar-refractivity contribution in [2.24, 2.45) is 0 Å². The molecule has 1 atom stereocenters. The van der Waals surface area contributed by atoms with Crippen molar-refractivity contribution in [3.05, 3.63) is 90.2 Å². The van der Waals surface area contributed by atoms with E-state index in [1.807, 2.05) is 0 Å². The maximum Gasteiger partial charge on any atom is 0.264 e. The third kappa shape index (κ3) is 7.35. The van der Waals surface area contributed by atoms with Crippen LogP contribution in [0.3, 0.4) is 0 Å². The third-order valence-electron chi connectivity index (χ3n) is 6.05. The van der Waals surface area contributed by atoms with E-state index in [2.05, 4.69) is 5.32 Å². The number of benzene rings is 3. The van der Waals surface area contributed by atoms with E-state index in [1.54, 1.807) is 63.2 Å². The summed E-state index contributed by atoms with van der Waals surface area (Å²) >= 11 is 0. The number of sulfonamides is 1. The number of rotatable bonds is 13. The highest BCUT2D eigenvalue weighted by Crippen LogP contribution is 2.33. The van der Waals surface area contributed by atoms with Gasteiger partial charge in [-0.1, -0.05) is 49.4 Å². The highest BCUT2D eigenvalue weighted by atomic mass is 32.2. The van der Waals surface area contributed by atoms with Crippen LogP contribution in [0.2, 0.25) is 0 Å². The predicted octanol–water partition coefficient (Wildman–Crippen LogP) is 4.36. The zero-order valence-corrected chi connectivity index (χ0v) is 23.2. The van der Waals surface area contributed by atoms with Crippen molar-refractivity contribution in [3.63, 3.8) is 0 Å². The highest BCUT2D eigenvalue weighted by Gasteiger charge is 2.34. The molecule has 8 nitrogen and oxygen atoms in total. The number of carbonyl (C=O) groups excluding carboxylic acids is 2. The van der Waals surface area contributed by atoms with Crippen molar-refractivity contribution in [1.29, 1.82) is 0 Å². The van der Waals surface area contributed by atoms with Gasteiger partial charge in [0.1, 0.15) is 24.2 Å². The first kappa shape index (κ1) is 29.6.